The maximum atomic E-state index is 10.8. The van der Waals surface area contributed by atoms with Gasteiger partial charge in [0.05, 0.1) is 12.5 Å². The van der Waals surface area contributed by atoms with E-state index >= 15 is 0 Å². The highest BCUT2D eigenvalue weighted by atomic mass is 35.5. The monoisotopic (exact) mass is 240 g/mol. The van der Waals surface area contributed by atoms with Gasteiger partial charge in [0.25, 0.3) is 0 Å². The summed E-state index contributed by atoms with van der Waals surface area (Å²) in [5.41, 5.74) is 0.949. The van der Waals surface area contributed by atoms with Crippen LogP contribution in [0.25, 0.3) is 0 Å². The van der Waals surface area contributed by atoms with Gasteiger partial charge in [-0.05, 0) is 31.0 Å². The molecule has 0 fully saturated rings. The zero-order valence-electron chi connectivity index (χ0n) is 8.94. The van der Waals surface area contributed by atoms with Gasteiger partial charge in [-0.1, -0.05) is 17.7 Å². The Morgan fingerprint density at radius 2 is 2.38 bits per heavy atom. The van der Waals surface area contributed by atoms with Gasteiger partial charge in [0.2, 0.25) is 0 Å². The molecule has 1 N–H and O–H groups in total. The maximum absolute atomic E-state index is 10.8. The van der Waals surface area contributed by atoms with E-state index in [9.17, 15) is 4.79 Å². The minimum Gasteiger partial charge on any atom is -0.490 e. The number of fused-ring (bicyclic) bond motifs is 1. The summed E-state index contributed by atoms with van der Waals surface area (Å²) in [6.45, 7) is 1.94. The third kappa shape index (κ3) is 2.30. The molecule has 4 heteroatoms. The Bertz CT molecular complexity index is 417. The van der Waals surface area contributed by atoms with Crippen LogP contribution in [0.1, 0.15) is 31.2 Å². The minimum atomic E-state index is -0.778. The highest BCUT2D eigenvalue weighted by Gasteiger charge is 2.27. The Labute approximate surface area is 99.0 Å². The molecule has 1 aliphatic rings. The van der Waals surface area contributed by atoms with Crippen molar-refractivity contribution < 1.29 is 14.6 Å². The van der Waals surface area contributed by atoms with Crippen LogP contribution in [0.3, 0.4) is 0 Å². The van der Waals surface area contributed by atoms with Crippen molar-refractivity contribution in [3.8, 4) is 5.75 Å². The van der Waals surface area contributed by atoms with Crippen LogP contribution >= 0.6 is 11.6 Å². The molecule has 2 rings (SSSR count). The van der Waals surface area contributed by atoms with Crippen molar-refractivity contribution in [1.82, 2.24) is 0 Å². The number of hydrogen-bond donors (Lipinski definition) is 1. The lowest BCUT2D eigenvalue weighted by atomic mass is 9.88. The molecule has 2 unspecified atom stereocenters. The van der Waals surface area contributed by atoms with Crippen LogP contribution in [0.15, 0.2) is 18.2 Å². The van der Waals surface area contributed by atoms with Crippen LogP contribution in [-0.4, -0.2) is 17.2 Å². The standard InChI is InChI=1S/C12H13ClO3/c1-7-4-8(5-12(14)15)10-3-2-9(13)6-11(10)16-7/h2-3,6-8H,4-5H2,1H3,(H,14,15). The quantitative estimate of drug-likeness (QED) is 0.864. The van der Waals surface area contributed by atoms with Crippen LogP contribution in [0.5, 0.6) is 5.75 Å². The van der Waals surface area contributed by atoms with Crippen molar-refractivity contribution in [2.45, 2.75) is 31.8 Å². The molecule has 1 aromatic carbocycles. The number of carboxylic acids is 1. The van der Waals surface area contributed by atoms with Gasteiger partial charge in [-0.3, -0.25) is 4.79 Å². The second-order valence-electron chi connectivity index (χ2n) is 4.14. The van der Waals surface area contributed by atoms with Crippen molar-refractivity contribution in [3.63, 3.8) is 0 Å². The van der Waals surface area contributed by atoms with E-state index in [2.05, 4.69) is 0 Å². The van der Waals surface area contributed by atoms with E-state index in [1.165, 1.54) is 0 Å². The molecule has 0 spiro atoms. The van der Waals surface area contributed by atoms with E-state index in [0.29, 0.717) is 5.02 Å². The number of carbonyl (C=O) groups is 1. The van der Waals surface area contributed by atoms with E-state index in [-0.39, 0.29) is 18.4 Å². The molecule has 0 radical (unpaired) electrons. The molecule has 2 atom stereocenters. The summed E-state index contributed by atoms with van der Waals surface area (Å²) < 4.78 is 5.65. The van der Waals surface area contributed by atoms with Crippen LogP contribution in [0.2, 0.25) is 5.02 Å². The fourth-order valence-corrected chi connectivity index (χ4v) is 2.31. The molecule has 0 aromatic heterocycles. The van der Waals surface area contributed by atoms with Crippen molar-refractivity contribution in [2.75, 3.05) is 0 Å². The predicted octanol–water partition coefficient (Wildman–Crippen LogP) is 3.07. The van der Waals surface area contributed by atoms with E-state index in [1.54, 1.807) is 12.1 Å². The highest BCUT2D eigenvalue weighted by Crippen LogP contribution is 2.39. The fraction of sp³-hybridized carbons (Fsp3) is 0.417. The lowest BCUT2D eigenvalue weighted by Crippen LogP contribution is -2.24. The molecule has 0 amide bonds. The molecule has 0 aliphatic carbocycles. The zero-order valence-corrected chi connectivity index (χ0v) is 9.70. The van der Waals surface area contributed by atoms with E-state index in [4.69, 9.17) is 21.4 Å². The molecule has 0 bridgehead atoms. The summed E-state index contributed by atoms with van der Waals surface area (Å²) in [4.78, 5) is 10.8. The van der Waals surface area contributed by atoms with Gasteiger partial charge in [0.1, 0.15) is 5.75 Å². The number of hydrogen-bond acceptors (Lipinski definition) is 2. The predicted molar refractivity (Wildman–Crippen MR) is 61.2 cm³/mol. The lowest BCUT2D eigenvalue weighted by Gasteiger charge is -2.29. The van der Waals surface area contributed by atoms with Crippen LogP contribution in [-0.2, 0) is 4.79 Å². The minimum absolute atomic E-state index is 0.0218. The summed E-state index contributed by atoms with van der Waals surface area (Å²) in [5, 5.41) is 9.48. The van der Waals surface area contributed by atoms with Gasteiger partial charge in [-0.2, -0.15) is 0 Å². The normalized spacial score (nSPS) is 23.4. The average Bonchev–Trinajstić information content (AvgIpc) is 2.15. The second kappa shape index (κ2) is 4.34. The molecule has 0 saturated heterocycles. The fourth-order valence-electron chi connectivity index (χ4n) is 2.14. The van der Waals surface area contributed by atoms with E-state index < -0.39 is 5.97 Å². The SMILES string of the molecule is CC1CC(CC(=O)O)c2ccc(Cl)cc2O1. The van der Waals surface area contributed by atoms with Gasteiger partial charge in [0, 0.05) is 10.9 Å². The second-order valence-corrected chi connectivity index (χ2v) is 4.58. The van der Waals surface area contributed by atoms with Gasteiger partial charge < -0.3 is 9.84 Å². The Balaban J connectivity index is 2.34. The van der Waals surface area contributed by atoms with Gasteiger partial charge in [-0.25, -0.2) is 0 Å². The molecule has 16 heavy (non-hydrogen) atoms. The van der Waals surface area contributed by atoms with Crippen molar-refractivity contribution in [1.29, 1.82) is 0 Å². The summed E-state index contributed by atoms with van der Waals surface area (Å²) in [6, 6.07) is 5.38. The van der Waals surface area contributed by atoms with Crippen LogP contribution in [0.4, 0.5) is 0 Å². The third-order valence-electron chi connectivity index (χ3n) is 2.78. The number of rotatable bonds is 2. The number of aliphatic carboxylic acids is 1. The number of halogens is 1. The lowest BCUT2D eigenvalue weighted by molar-refractivity contribution is -0.137. The molecule has 1 heterocycles. The molecular formula is C12H13ClO3. The first kappa shape index (κ1) is 11.3. The first-order chi connectivity index (χ1) is 7.56. The highest BCUT2D eigenvalue weighted by molar-refractivity contribution is 6.30. The number of ether oxygens (including phenoxy) is 1. The first-order valence-corrected chi connectivity index (χ1v) is 5.62. The molecule has 1 aromatic rings. The Morgan fingerprint density at radius 3 is 3.06 bits per heavy atom. The molecule has 0 saturated carbocycles. The van der Waals surface area contributed by atoms with Crippen LogP contribution in [0, 0.1) is 0 Å². The average molecular weight is 241 g/mol. The van der Waals surface area contributed by atoms with E-state index in [1.807, 2.05) is 13.0 Å². The van der Waals surface area contributed by atoms with Crippen LogP contribution < -0.4 is 4.74 Å². The summed E-state index contributed by atoms with van der Waals surface area (Å²) in [6.07, 6.45) is 0.916. The topological polar surface area (TPSA) is 46.5 Å². The van der Waals surface area contributed by atoms with Gasteiger partial charge in [-0.15, -0.1) is 0 Å². The van der Waals surface area contributed by atoms with Crippen molar-refractivity contribution in [3.05, 3.63) is 28.8 Å². The zero-order chi connectivity index (χ0) is 11.7. The largest absolute Gasteiger partial charge is 0.490 e. The maximum Gasteiger partial charge on any atom is 0.303 e. The summed E-state index contributed by atoms with van der Waals surface area (Å²) in [5.74, 6) is -0.0361. The van der Waals surface area contributed by atoms with Gasteiger partial charge in [0.15, 0.2) is 0 Å². The number of carboxylic acid groups (broad SMARTS) is 1. The number of benzene rings is 1. The first-order valence-electron chi connectivity index (χ1n) is 5.24. The molecule has 3 nitrogen and oxygen atoms in total. The van der Waals surface area contributed by atoms with Crippen molar-refractivity contribution >= 4 is 17.6 Å². The smallest absolute Gasteiger partial charge is 0.303 e. The molecular weight excluding hydrogens is 228 g/mol. The summed E-state index contributed by atoms with van der Waals surface area (Å²) in [7, 11) is 0. The Kier molecular flexibility index (Phi) is 3.06. The Hall–Kier alpha value is -1.22. The van der Waals surface area contributed by atoms with Crippen molar-refractivity contribution in [2.24, 2.45) is 0 Å². The Morgan fingerprint density at radius 1 is 1.62 bits per heavy atom. The van der Waals surface area contributed by atoms with Gasteiger partial charge >= 0.3 is 5.97 Å². The van der Waals surface area contributed by atoms with E-state index in [0.717, 1.165) is 17.7 Å². The third-order valence-corrected chi connectivity index (χ3v) is 3.02. The summed E-state index contributed by atoms with van der Waals surface area (Å²) >= 11 is 5.88. The molecule has 1 aliphatic heterocycles. The molecule has 86 valence electrons.